The van der Waals surface area contributed by atoms with Gasteiger partial charge in [0, 0.05) is 11.1 Å². The molecular formula is C21H17N3O3S. The molecule has 2 N–H and O–H groups in total. The molecule has 0 unspecified atom stereocenters. The van der Waals surface area contributed by atoms with Gasteiger partial charge in [-0.05, 0) is 41.8 Å². The van der Waals surface area contributed by atoms with Gasteiger partial charge in [-0.3, -0.25) is 4.79 Å². The van der Waals surface area contributed by atoms with Gasteiger partial charge in [0.15, 0.2) is 5.17 Å². The number of aliphatic imine (C=N–C) groups is 1. The van der Waals surface area contributed by atoms with E-state index in [2.05, 4.69) is 32.5 Å². The molecule has 0 spiro atoms. The minimum Gasteiger partial charge on any atom is -0.465 e. The lowest BCUT2D eigenvalue weighted by Gasteiger charge is -2.18. The number of nitrogens with zero attached hydrogens (tertiary/aromatic N) is 1. The van der Waals surface area contributed by atoms with Gasteiger partial charge in [-0.1, -0.05) is 36.0 Å². The molecular weight excluding hydrogens is 374 g/mol. The maximum absolute atomic E-state index is 12.3. The number of ether oxygens (including phenoxy) is 1. The molecule has 0 saturated heterocycles. The van der Waals surface area contributed by atoms with E-state index in [1.807, 2.05) is 24.3 Å². The molecule has 7 heteroatoms. The summed E-state index contributed by atoms with van der Waals surface area (Å²) in [7, 11) is 1.33. The van der Waals surface area contributed by atoms with Crippen molar-refractivity contribution in [3.05, 3.63) is 66.2 Å². The second-order valence-corrected chi connectivity index (χ2v) is 7.09. The Morgan fingerprint density at radius 1 is 1.07 bits per heavy atom. The molecule has 0 bridgehead atoms. The van der Waals surface area contributed by atoms with Gasteiger partial charge >= 0.3 is 5.97 Å². The molecule has 28 heavy (non-hydrogen) atoms. The Hall–Kier alpha value is -3.32. The molecule has 4 rings (SSSR count). The number of carbonyl (C=O) groups excluding carboxylic acids is 2. The van der Waals surface area contributed by atoms with Gasteiger partial charge < -0.3 is 15.4 Å². The zero-order valence-electron chi connectivity index (χ0n) is 15.1. The van der Waals surface area contributed by atoms with Gasteiger partial charge in [0.25, 0.3) is 0 Å². The Bertz CT molecular complexity index is 1090. The summed E-state index contributed by atoms with van der Waals surface area (Å²) in [6.07, 6.45) is 0. The van der Waals surface area contributed by atoms with Crippen LogP contribution in [0.5, 0.6) is 0 Å². The second-order valence-electron chi connectivity index (χ2n) is 6.13. The Balaban J connectivity index is 1.39. The van der Waals surface area contributed by atoms with Crippen molar-refractivity contribution < 1.29 is 14.3 Å². The highest BCUT2D eigenvalue weighted by molar-refractivity contribution is 8.14. The van der Waals surface area contributed by atoms with Crippen molar-refractivity contribution in [1.29, 1.82) is 0 Å². The topological polar surface area (TPSA) is 79.8 Å². The molecule has 3 aromatic rings. The highest BCUT2D eigenvalue weighted by Crippen LogP contribution is 2.36. The van der Waals surface area contributed by atoms with Crippen LogP contribution in [0.2, 0.25) is 0 Å². The molecule has 3 aromatic carbocycles. The lowest BCUT2D eigenvalue weighted by Crippen LogP contribution is -2.18. The zero-order valence-corrected chi connectivity index (χ0v) is 15.9. The van der Waals surface area contributed by atoms with Crippen LogP contribution in [-0.4, -0.2) is 29.9 Å². The molecule has 140 valence electrons. The van der Waals surface area contributed by atoms with Gasteiger partial charge in [-0.25, -0.2) is 9.79 Å². The van der Waals surface area contributed by atoms with Crippen LogP contribution in [0.1, 0.15) is 10.4 Å². The van der Waals surface area contributed by atoms with Crippen LogP contribution in [0.15, 0.2) is 65.7 Å². The lowest BCUT2D eigenvalue weighted by atomic mass is 10.1. The van der Waals surface area contributed by atoms with E-state index in [9.17, 15) is 9.59 Å². The molecule has 1 aliphatic rings. The summed E-state index contributed by atoms with van der Waals surface area (Å²) in [5, 5.41) is 9.00. The van der Waals surface area contributed by atoms with Crippen LogP contribution >= 0.6 is 11.8 Å². The fourth-order valence-electron chi connectivity index (χ4n) is 2.98. The summed E-state index contributed by atoms with van der Waals surface area (Å²) in [4.78, 5) is 28.3. The Morgan fingerprint density at radius 3 is 2.57 bits per heavy atom. The number of amidine groups is 1. The van der Waals surface area contributed by atoms with E-state index in [0.29, 0.717) is 16.4 Å². The number of anilines is 2. The number of thioether (sulfide) groups is 1. The summed E-state index contributed by atoms with van der Waals surface area (Å²) in [6.45, 7) is 0. The molecule has 0 radical (unpaired) electrons. The van der Waals surface area contributed by atoms with Gasteiger partial charge in [0.05, 0.1) is 29.8 Å². The van der Waals surface area contributed by atoms with Crippen LogP contribution in [-0.2, 0) is 9.53 Å². The predicted molar refractivity (Wildman–Crippen MR) is 114 cm³/mol. The van der Waals surface area contributed by atoms with Crippen LogP contribution in [0, 0.1) is 0 Å². The molecule has 0 saturated carbocycles. The van der Waals surface area contributed by atoms with Crippen LogP contribution in [0.4, 0.5) is 17.1 Å². The third-order valence-corrected chi connectivity index (χ3v) is 5.15. The van der Waals surface area contributed by atoms with Crippen molar-refractivity contribution in [2.45, 2.75) is 0 Å². The molecule has 1 heterocycles. The molecule has 1 amide bonds. The smallest absolute Gasteiger partial charge is 0.337 e. The van der Waals surface area contributed by atoms with E-state index >= 15 is 0 Å². The molecule has 0 aliphatic carbocycles. The summed E-state index contributed by atoms with van der Waals surface area (Å²) in [5.74, 6) is -0.356. The van der Waals surface area contributed by atoms with Gasteiger partial charge in [-0.2, -0.15) is 0 Å². The normalized spacial score (nSPS) is 12.1. The van der Waals surface area contributed by atoms with E-state index in [4.69, 9.17) is 0 Å². The zero-order chi connectivity index (χ0) is 19.5. The number of benzene rings is 3. The molecule has 0 atom stereocenters. The summed E-state index contributed by atoms with van der Waals surface area (Å²) in [5.41, 5.74) is 2.94. The Labute approximate surface area is 166 Å². The molecule has 1 aliphatic heterocycles. The fourth-order valence-corrected chi connectivity index (χ4v) is 3.66. The number of nitrogens with one attached hydrogen (secondary N) is 2. The van der Waals surface area contributed by atoms with Gasteiger partial charge in [0.2, 0.25) is 5.91 Å². The van der Waals surface area contributed by atoms with Gasteiger partial charge in [-0.15, -0.1) is 0 Å². The van der Waals surface area contributed by atoms with E-state index in [-0.39, 0.29) is 11.7 Å². The molecule has 0 fully saturated rings. The first-order chi connectivity index (χ1) is 13.6. The molecule has 6 nitrogen and oxygen atoms in total. The highest BCUT2D eigenvalue weighted by atomic mass is 32.2. The SMILES string of the molecule is COC(=O)c1ccc(NC(=O)CSC2=Nc3cccc4cccc(c34)N2)cc1. The van der Waals surface area contributed by atoms with Crippen LogP contribution < -0.4 is 10.6 Å². The first-order valence-electron chi connectivity index (χ1n) is 8.62. The van der Waals surface area contributed by atoms with Crippen LogP contribution in [0.3, 0.4) is 0 Å². The Kier molecular flexibility index (Phi) is 4.99. The first kappa shape index (κ1) is 18.1. The van der Waals surface area contributed by atoms with E-state index in [1.54, 1.807) is 24.3 Å². The number of esters is 1. The minimum atomic E-state index is -0.412. The number of amides is 1. The maximum atomic E-state index is 12.3. The quantitative estimate of drug-likeness (QED) is 0.644. The average Bonchev–Trinajstić information content (AvgIpc) is 2.73. The lowest BCUT2D eigenvalue weighted by molar-refractivity contribution is -0.113. The van der Waals surface area contributed by atoms with Crippen molar-refractivity contribution in [3.63, 3.8) is 0 Å². The summed E-state index contributed by atoms with van der Waals surface area (Å²) < 4.78 is 4.66. The fraction of sp³-hybridized carbons (Fsp3) is 0.0952. The number of hydrogen-bond acceptors (Lipinski definition) is 6. The average molecular weight is 391 g/mol. The van der Waals surface area contributed by atoms with Crippen molar-refractivity contribution in [2.75, 3.05) is 23.5 Å². The predicted octanol–water partition coefficient (Wildman–Crippen LogP) is 4.41. The second kappa shape index (κ2) is 7.74. The van der Waals surface area contributed by atoms with Crippen molar-refractivity contribution in [1.82, 2.24) is 0 Å². The van der Waals surface area contributed by atoms with Crippen molar-refractivity contribution in [3.8, 4) is 0 Å². The monoisotopic (exact) mass is 391 g/mol. The Morgan fingerprint density at radius 2 is 1.82 bits per heavy atom. The third-order valence-electron chi connectivity index (χ3n) is 4.28. The van der Waals surface area contributed by atoms with Crippen molar-refractivity contribution in [2.24, 2.45) is 4.99 Å². The largest absolute Gasteiger partial charge is 0.465 e. The van der Waals surface area contributed by atoms with E-state index in [0.717, 1.165) is 22.1 Å². The van der Waals surface area contributed by atoms with Gasteiger partial charge in [0.1, 0.15) is 0 Å². The molecule has 0 aromatic heterocycles. The number of carbonyl (C=O) groups is 2. The number of hydrogen-bond donors (Lipinski definition) is 2. The van der Waals surface area contributed by atoms with Crippen LogP contribution in [0.25, 0.3) is 10.8 Å². The standard InChI is InChI=1S/C21H17N3O3S/c1-27-20(26)14-8-10-15(11-9-14)22-18(25)12-28-21-23-16-6-2-4-13-5-3-7-17(24-21)19(13)16/h2-11H,12H2,1H3,(H,22,25)(H,23,24). The first-order valence-corrected chi connectivity index (χ1v) is 9.61. The third kappa shape index (κ3) is 3.70. The highest BCUT2D eigenvalue weighted by Gasteiger charge is 2.15. The number of methoxy groups -OCH3 is 1. The van der Waals surface area contributed by atoms with E-state index in [1.165, 1.54) is 18.9 Å². The van der Waals surface area contributed by atoms with Crippen molar-refractivity contribution >= 4 is 56.6 Å². The summed E-state index contributed by atoms with van der Waals surface area (Å²) in [6, 6.07) is 18.6. The maximum Gasteiger partial charge on any atom is 0.337 e. The minimum absolute atomic E-state index is 0.155. The van der Waals surface area contributed by atoms with E-state index < -0.39 is 5.97 Å². The summed E-state index contributed by atoms with van der Waals surface area (Å²) >= 11 is 1.34. The number of rotatable bonds is 4.